The molecule has 0 bridgehead atoms. The molecule has 3 fully saturated rings. The van der Waals surface area contributed by atoms with Crippen molar-refractivity contribution < 1.29 is 14.3 Å². The van der Waals surface area contributed by atoms with Gasteiger partial charge in [0.15, 0.2) is 0 Å². The second-order valence-corrected chi connectivity index (χ2v) is 8.30. The molecule has 2 atom stereocenters. The minimum Gasteiger partial charge on any atom is -0.378 e. The SMILES string of the molecule is CO[C@]1(C)C[C@H](NC(=O)N2CCCN(C(=O)C3CC3)CC2)C1(C)C. The molecule has 1 heterocycles. The Morgan fingerprint density at radius 2 is 1.67 bits per heavy atom. The molecule has 0 aromatic heterocycles. The van der Waals surface area contributed by atoms with E-state index in [-0.39, 0.29) is 34.9 Å². The van der Waals surface area contributed by atoms with Gasteiger partial charge in [0.2, 0.25) is 5.91 Å². The fourth-order valence-corrected chi connectivity index (χ4v) is 3.89. The van der Waals surface area contributed by atoms with Crippen LogP contribution in [0, 0.1) is 11.3 Å². The lowest BCUT2D eigenvalue weighted by atomic mass is 9.56. The van der Waals surface area contributed by atoms with Crippen LogP contribution in [0.2, 0.25) is 0 Å². The molecule has 136 valence electrons. The molecule has 1 aliphatic heterocycles. The summed E-state index contributed by atoms with van der Waals surface area (Å²) in [5.74, 6) is 0.543. The van der Waals surface area contributed by atoms with Crippen molar-refractivity contribution >= 4 is 11.9 Å². The maximum absolute atomic E-state index is 12.6. The van der Waals surface area contributed by atoms with Gasteiger partial charge in [-0.1, -0.05) is 13.8 Å². The molecular weight excluding hydrogens is 306 g/mol. The van der Waals surface area contributed by atoms with Gasteiger partial charge < -0.3 is 19.9 Å². The lowest BCUT2D eigenvalue weighted by Crippen LogP contribution is -2.69. The van der Waals surface area contributed by atoms with Crippen LogP contribution in [0.15, 0.2) is 0 Å². The van der Waals surface area contributed by atoms with Gasteiger partial charge in [-0.05, 0) is 32.6 Å². The zero-order valence-corrected chi connectivity index (χ0v) is 15.4. The molecule has 2 saturated carbocycles. The quantitative estimate of drug-likeness (QED) is 0.855. The molecule has 24 heavy (non-hydrogen) atoms. The highest BCUT2D eigenvalue weighted by atomic mass is 16.5. The molecule has 0 aromatic rings. The summed E-state index contributed by atoms with van der Waals surface area (Å²) in [5, 5.41) is 3.18. The Morgan fingerprint density at radius 1 is 1.04 bits per heavy atom. The molecule has 1 saturated heterocycles. The molecule has 1 N–H and O–H groups in total. The first-order chi connectivity index (χ1) is 11.3. The highest BCUT2D eigenvalue weighted by Gasteiger charge is 2.58. The Balaban J connectivity index is 1.52. The molecule has 2 aliphatic carbocycles. The number of hydrogen-bond donors (Lipinski definition) is 1. The van der Waals surface area contributed by atoms with E-state index in [2.05, 4.69) is 26.1 Å². The van der Waals surface area contributed by atoms with Gasteiger partial charge in [-0.3, -0.25) is 4.79 Å². The standard InChI is InChI=1S/C18H31N3O3/c1-17(2)14(12-18(17,3)24-4)19-16(23)21-9-5-8-20(10-11-21)15(22)13-6-7-13/h13-14H,5-12H2,1-4H3,(H,19,23)/t14-,18+/m0/s1. The Morgan fingerprint density at radius 3 is 2.25 bits per heavy atom. The van der Waals surface area contributed by atoms with Crippen molar-refractivity contribution in [2.24, 2.45) is 11.3 Å². The van der Waals surface area contributed by atoms with Crippen molar-refractivity contribution in [3.8, 4) is 0 Å². The van der Waals surface area contributed by atoms with Crippen LogP contribution in [0.4, 0.5) is 4.79 Å². The van der Waals surface area contributed by atoms with E-state index >= 15 is 0 Å². The smallest absolute Gasteiger partial charge is 0.317 e. The summed E-state index contributed by atoms with van der Waals surface area (Å²) in [6, 6.07) is 0.120. The molecule has 3 aliphatic rings. The summed E-state index contributed by atoms with van der Waals surface area (Å²) in [7, 11) is 1.74. The van der Waals surface area contributed by atoms with Crippen LogP contribution in [0.25, 0.3) is 0 Å². The van der Waals surface area contributed by atoms with Gasteiger partial charge in [-0.2, -0.15) is 0 Å². The first kappa shape index (κ1) is 17.5. The van der Waals surface area contributed by atoms with E-state index in [0.717, 1.165) is 38.8 Å². The molecule has 0 radical (unpaired) electrons. The van der Waals surface area contributed by atoms with Gasteiger partial charge in [-0.25, -0.2) is 4.79 Å². The zero-order valence-electron chi connectivity index (χ0n) is 15.4. The topological polar surface area (TPSA) is 61.9 Å². The van der Waals surface area contributed by atoms with E-state index < -0.39 is 0 Å². The molecule has 6 nitrogen and oxygen atoms in total. The van der Waals surface area contributed by atoms with E-state index in [1.165, 1.54) is 0 Å². The number of urea groups is 1. The largest absolute Gasteiger partial charge is 0.378 e. The lowest BCUT2D eigenvalue weighted by molar-refractivity contribution is -0.177. The summed E-state index contributed by atoms with van der Waals surface area (Å²) in [6.07, 6.45) is 3.77. The monoisotopic (exact) mass is 337 g/mol. The van der Waals surface area contributed by atoms with Crippen LogP contribution in [-0.2, 0) is 9.53 Å². The predicted molar refractivity (Wildman–Crippen MR) is 91.6 cm³/mol. The van der Waals surface area contributed by atoms with Crippen molar-refractivity contribution in [3.63, 3.8) is 0 Å². The van der Waals surface area contributed by atoms with Crippen molar-refractivity contribution in [3.05, 3.63) is 0 Å². The highest BCUT2D eigenvalue weighted by Crippen LogP contribution is 2.51. The van der Waals surface area contributed by atoms with Crippen LogP contribution >= 0.6 is 0 Å². The number of amides is 3. The van der Waals surface area contributed by atoms with E-state index in [1.807, 2.05) is 9.80 Å². The van der Waals surface area contributed by atoms with Crippen molar-refractivity contribution in [2.45, 2.75) is 58.1 Å². The van der Waals surface area contributed by atoms with Crippen LogP contribution in [-0.4, -0.2) is 66.7 Å². The number of carbonyl (C=O) groups excluding carboxylic acids is 2. The molecule has 0 unspecified atom stereocenters. The fourth-order valence-electron chi connectivity index (χ4n) is 3.89. The predicted octanol–water partition coefficient (Wildman–Crippen LogP) is 1.84. The minimum atomic E-state index is -0.183. The van der Waals surface area contributed by atoms with Gasteiger partial charge in [0, 0.05) is 50.7 Å². The normalized spacial score (nSPS) is 32.8. The average Bonchev–Trinajstić information content (AvgIpc) is 3.39. The lowest BCUT2D eigenvalue weighted by Gasteiger charge is -2.59. The third-order valence-corrected chi connectivity index (χ3v) is 6.60. The molecule has 3 rings (SSSR count). The number of carbonyl (C=O) groups is 2. The number of ether oxygens (including phenoxy) is 1. The minimum absolute atomic E-state index is 0.00745. The Hall–Kier alpha value is -1.30. The summed E-state index contributed by atoms with van der Waals surface area (Å²) in [4.78, 5) is 28.6. The summed E-state index contributed by atoms with van der Waals surface area (Å²) in [5.41, 5.74) is -0.269. The van der Waals surface area contributed by atoms with Crippen molar-refractivity contribution in [2.75, 3.05) is 33.3 Å². The second kappa shape index (κ2) is 6.21. The maximum atomic E-state index is 12.6. The van der Waals surface area contributed by atoms with Gasteiger partial charge in [0.25, 0.3) is 0 Å². The van der Waals surface area contributed by atoms with Crippen LogP contribution in [0.5, 0.6) is 0 Å². The first-order valence-electron chi connectivity index (χ1n) is 9.18. The Labute approximate surface area is 144 Å². The average molecular weight is 337 g/mol. The Kier molecular flexibility index (Phi) is 4.53. The molecular formula is C18H31N3O3. The molecule has 6 heteroatoms. The summed E-state index contributed by atoms with van der Waals surface area (Å²) < 4.78 is 5.63. The molecule has 3 amide bonds. The molecule has 0 aromatic carbocycles. The van der Waals surface area contributed by atoms with E-state index in [0.29, 0.717) is 13.1 Å². The first-order valence-corrected chi connectivity index (χ1v) is 9.18. The van der Waals surface area contributed by atoms with Crippen LogP contribution in [0.1, 0.15) is 46.5 Å². The van der Waals surface area contributed by atoms with E-state index in [9.17, 15) is 9.59 Å². The van der Waals surface area contributed by atoms with Crippen molar-refractivity contribution in [1.82, 2.24) is 15.1 Å². The summed E-state index contributed by atoms with van der Waals surface area (Å²) >= 11 is 0. The van der Waals surface area contributed by atoms with Gasteiger partial charge >= 0.3 is 6.03 Å². The van der Waals surface area contributed by atoms with E-state index in [4.69, 9.17) is 4.74 Å². The number of nitrogens with one attached hydrogen (secondary N) is 1. The van der Waals surface area contributed by atoms with Gasteiger partial charge in [-0.15, -0.1) is 0 Å². The van der Waals surface area contributed by atoms with Crippen LogP contribution in [0.3, 0.4) is 0 Å². The van der Waals surface area contributed by atoms with Gasteiger partial charge in [0.05, 0.1) is 5.60 Å². The molecule has 0 spiro atoms. The van der Waals surface area contributed by atoms with E-state index in [1.54, 1.807) is 7.11 Å². The second-order valence-electron chi connectivity index (χ2n) is 8.30. The van der Waals surface area contributed by atoms with Gasteiger partial charge in [0.1, 0.15) is 0 Å². The third-order valence-electron chi connectivity index (χ3n) is 6.60. The number of nitrogens with zero attached hydrogens (tertiary/aromatic N) is 2. The number of hydrogen-bond acceptors (Lipinski definition) is 3. The van der Waals surface area contributed by atoms with Crippen molar-refractivity contribution in [1.29, 1.82) is 0 Å². The number of methoxy groups -OCH3 is 1. The highest BCUT2D eigenvalue weighted by molar-refractivity contribution is 5.81. The third kappa shape index (κ3) is 3.01. The maximum Gasteiger partial charge on any atom is 0.317 e. The fraction of sp³-hybridized carbons (Fsp3) is 0.889. The number of rotatable bonds is 3. The van der Waals surface area contributed by atoms with Crippen LogP contribution < -0.4 is 5.32 Å². The zero-order chi connectivity index (χ0) is 17.5. The summed E-state index contributed by atoms with van der Waals surface area (Å²) in [6.45, 7) is 9.16. The Bertz CT molecular complexity index is 518.